The molecule has 0 amide bonds. The van der Waals surface area contributed by atoms with Gasteiger partial charge in [0.2, 0.25) is 0 Å². The monoisotopic (exact) mass is 220 g/mol. The van der Waals surface area contributed by atoms with E-state index in [0.29, 0.717) is 6.04 Å². The minimum absolute atomic E-state index is 0.268. The second kappa shape index (κ2) is 4.22. The van der Waals surface area contributed by atoms with Gasteiger partial charge in [0.05, 0.1) is 0 Å². The molecule has 0 bridgehead atoms. The normalized spacial score (nSPS) is 26.7. The van der Waals surface area contributed by atoms with Crippen LogP contribution in [0.15, 0.2) is 12.3 Å². The summed E-state index contributed by atoms with van der Waals surface area (Å²) in [6, 6.07) is 3.14. The molecule has 88 valence electrons. The van der Waals surface area contributed by atoms with E-state index in [0.717, 1.165) is 32.5 Å². The van der Waals surface area contributed by atoms with Crippen molar-refractivity contribution in [1.29, 1.82) is 0 Å². The molecule has 0 radical (unpaired) electrons. The van der Waals surface area contributed by atoms with E-state index < -0.39 is 0 Å². The first kappa shape index (κ1) is 10.4. The zero-order chi connectivity index (χ0) is 11.0. The van der Waals surface area contributed by atoms with Crippen LogP contribution in [0.5, 0.6) is 0 Å². The Morgan fingerprint density at radius 3 is 2.88 bits per heavy atom. The maximum atomic E-state index is 6.15. The van der Waals surface area contributed by atoms with Crippen molar-refractivity contribution in [2.75, 3.05) is 13.2 Å². The summed E-state index contributed by atoms with van der Waals surface area (Å²) in [5.74, 6) is 0. The van der Waals surface area contributed by atoms with Gasteiger partial charge in [-0.2, -0.15) is 0 Å². The average molecular weight is 220 g/mol. The summed E-state index contributed by atoms with van der Waals surface area (Å²) >= 11 is 0. The fraction of sp³-hybridized carbons (Fsp3) is 0.692. The van der Waals surface area contributed by atoms with E-state index in [1.807, 2.05) is 0 Å². The molecule has 16 heavy (non-hydrogen) atoms. The molecular formula is C13H20N2O. The quantitative estimate of drug-likeness (QED) is 0.788. The minimum Gasteiger partial charge on any atom is -0.381 e. The third-order valence-electron chi connectivity index (χ3n) is 3.97. The third kappa shape index (κ3) is 1.68. The van der Waals surface area contributed by atoms with Gasteiger partial charge < -0.3 is 15.0 Å². The molecule has 3 heteroatoms. The lowest BCUT2D eigenvalue weighted by atomic mass is 9.93. The summed E-state index contributed by atoms with van der Waals surface area (Å²) in [5.41, 5.74) is 9.03. The number of ether oxygens (including phenoxy) is 1. The SMILES string of the molecule is NC1CCCc2c1ccn2C1CCOCC1. The number of hydrogen-bond donors (Lipinski definition) is 1. The van der Waals surface area contributed by atoms with Crippen LogP contribution in [0.25, 0.3) is 0 Å². The summed E-state index contributed by atoms with van der Waals surface area (Å²) in [5, 5.41) is 0. The van der Waals surface area contributed by atoms with E-state index in [4.69, 9.17) is 10.5 Å². The van der Waals surface area contributed by atoms with Gasteiger partial charge in [0.15, 0.2) is 0 Å². The molecule has 1 aromatic heterocycles. The third-order valence-corrected chi connectivity index (χ3v) is 3.97. The molecule has 2 N–H and O–H groups in total. The van der Waals surface area contributed by atoms with Gasteiger partial charge in [0.25, 0.3) is 0 Å². The van der Waals surface area contributed by atoms with Gasteiger partial charge in [-0.15, -0.1) is 0 Å². The highest BCUT2D eigenvalue weighted by Gasteiger charge is 2.24. The molecule has 0 spiro atoms. The Balaban J connectivity index is 1.89. The smallest absolute Gasteiger partial charge is 0.0485 e. The summed E-state index contributed by atoms with van der Waals surface area (Å²) in [4.78, 5) is 0. The predicted molar refractivity (Wildman–Crippen MR) is 63.4 cm³/mol. The number of aromatic nitrogens is 1. The zero-order valence-electron chi connectivity index (χ0n) is 9.69. The van der Waals surface area contributed by atoms with Gasteiger partial charge in [-0.3, -0.25) is 0 Å². The molecule has 1 aromatic rings. The van der Waals surface area contributed by atoms with E-state index in [1.165, 1.54) is 24.1 Å². The van der Waals surface area contributed by atoms with Crippen molar-refractivity contribution in [2.45, 2.75) is 44.2 Å². The van der Waals surface area contributed by atoms with E-state index in [2.05, 4.69) is 16.8 Å². The molecule has 1 saturated heterocycles. The first-order valence-corrected chi connectivity index (χ1v) is 6.39. The Bertz CT molecular complexity index is 366. The number of hydrogen-bond acceptors (Lipinski definition) is 2. The van der Waals surface area contributed by atoms with Crippen LogP contribution in [0.1, 0.15) is 49.0 Å². The highest BCUT2D eigenvalue weighted by molar-refractivity contribution is 5.28. The Morgan fingerprint density at radius 2 is 2.06 bits per heavy atom. The number of nitrogens with two attached hydrogens (primary N) is 1. The zero-order valence-corrected chi connectivity index (χ0v) is 9.69. The molecule has 2 aliphatic rings. The molecule has 1 unspecified atom stereocenters. The van der Waals surface area contributed by atoms with E-state index in [1.54, 1.807) is 0 Å². The Labute approximate surface area is 96.6 Å². The van der Waals surface area contributed by atoms with Crippen molar-refractivity contribution in [3.05, 3.63) is 23.5 Å². The van der Waals surface area contributed by atoms with E-state index >= 15 is 0 Å². The van der Waals surface area contributed by atoms with Crippen LogP contribution in [0.4, 0.5) is 0 Å². The Hall–Kier alpha value is -0.800. The maximum absolute atomic E-state index is 6.15. The average Bonchev–Trinajstić information content (AvgIpc) is 2.75. The van der Waals surface area contributed by atoms with Crippen LogP contribution >= 0.6 is 0 Å². The molecule has 1 atom stereocenters. The van der Waals surface area contributed by atoms with Crippen molar-refractivity contribution in [3.8, 4) is 0 Å². The summed E-state index contributed by atoms with van der Waals surface area (Å²) in [6.07, 6.45) is 8.12. The molecule has 2 heterocycles. The van der Waals surface area contributed by atoms with Crippen molar-refractivity contribution in [1.82, 2.24) is 4.57 Å². The lowest BCUT2D eigenvalue weighted by molar-refractivity contribution is 0.0688. The van der Waals surface area contributed by atoms with Crippen LogP contribution in [0.3, 0.4) is 0 Å². The number of nitrogens with zero attached hydrogens (tertiary/aromatic N) is 1. The second-order valence-corrected chi connectivity index (χ2v) is 4.97. The van der Waals surface area contributed by atoms with Crippen LogP contribution in [-0.2, 0) is 11.2 Å². The second-order valence-electron chi connectivity index (χ2n) is 4.97. The molecule has 3 rings (SSSR count). The van der Waals surface area contributed by atoms with Gasteiger partial charge in [-0.25, -0.2) is 0 Å². The van der Waals surface area contributed by atoms with Gasteiger partial charge in [0, 0.05) is 37.2 Å². The molecule has 0 aromatic carbocycles. The van der Waals surface area contributed by atoms with Crippen molar-refractivity contribution < 1.29 is 4.74 Å². The number of rotatable bonds is 1. The molecule has 1 fully saturated rings. The van der Waals surface area contributed by atoms with Crippen LogP contribution in [0, 0.1) is 0 Å². The molecular weight excluding hydrogens is 200 g/mol. The first-order chi connectivity index (χ1) is 7.86. The fourth-order valence-corrected chi connectivity index (χ4v) is 3.06. The van der Waals surface area contributed by atoms with Crippen molar-refractivity contribution in [3.63, 3.8) is 0 Å². The molecule has 1 aliphatic heterocycles. The van der Waals surface area contributed by atoms with E-state index in [-0.39, 0.29) is 6.04 Å². The van der Waals surface area contributed by atoms with Crippen LogP contribution < -0.4 is 5.73 Å². The van der Waals surface area contributed by atoms with Crippen molar-refractivity contribution >= 4 is 0 Å². The minimum atomic E-state index is 0.268. The Morgan fingerprint density at radius 1 is 1.25 bits per heavy atom. The molecule has 0 saturated carbocycles. The first-order valence-electron chi connectivity index (χ1n) is 6.39. The largest absolute Gasteiger partial charge is 0.381 e. The highest BCUT2D eigenvalue weighted by Crippen LogP contribution is 2.33. The van der Waals surface area contributed by atoms with Gasteiger partial charge in [0.1, 0.15) is 0 Å². The summed E-state index contributed by atoms with van der Waals surface area (Å²) in [7, 11) is 0. The maximum Gasteiger partial charge on any atom is 0.0485 e. The van der Waals surface area contributed by atoms with Gasteiger partial charge in [-0.05, 0) is 43.7 Å². The summed E-state index contributed by atoms with van der Waals surface area (Å²) < 4.78 is 7.89. The summed E-state index contributed by atoms with van der Waals surface area (Å²) in [6.45, 7) is 1.81. The fourth-order valence-electron chi connectivity index (χ4n) is 3.06. The van der Waals surface area contributed by atoms with Gasteiger partial charge in [-0.1, -0.05) is 0 Å². The Kier molecular flexibility index (Phi) is 2.74. The van der Waals surface area contributed by atoms with E-state index in [9.17, 15) is 0 Å². The molecule has 3 nitrogen and oxygen atoms in total. The van der Waals surface area contributed by atoms with Crippen molar-refractivity contribution in [2.24, 2.45) is 5.73 Å². The lowest BCUT2D eigenvalue weighted by Crippen LogP contribution is -2.23. The topological polar surface area (TPSA) is 40.2 Å². The van der Waals surface area contributed by atoms with Gasteiger partial charge >= 0.3 is 0 Å². The highest BCUT2D eigenvalue weighted by atomic mass is 16.5. The standard InChI is InChI=1S/C13H20N2O/c14-12-2-1-3-13-11(12)4-7-15(13)10-5-8-16-9-6-10/h4,7,10,12H,1-3,5-6,8-9,14H2. The lowest BCUT2D eigenvalue weighted by Gasteiger charge is -2.28. The predicted octanol–water partition coefficient (Wildman–Crippen LogP) is 2.18. The number of fused-ring (bicyclic) bond motifs is 1. The molecule has 1 aliphatic carbocycles. The van der Waals surface area contributed by atoms with Crippen LogP contribution in [-0.4, -0.2) is 17.8 Å². The van der Waals surface area contributed by atoms with Crippen LogP contribution in [0.2, 0.25) is 0 Å².